The number of hydrogen-bond donors (Lipinski definition) is 1. The number of nitriles is 1. The smallest absolute Gasteiger partial charge is 0.247 e. The number of rotatable bonds is 3. The van der Waals surface area contributed by atoms with Crippen LogP contribution in [0, 0.1) is 11.3 Å². The average Bonchev–Trinajstić information content (AvgIpc) is 2.19. The van der Waals surface area contributed by atoms with E-state index in [1.165, 1.54) is 18.3 Å². The first-order chi connectivity index (χ1) is 6.57. The second kappa shape index (κ2) is 4.26. The lowest BCUT2D eigenvalue weighted by Gasteiger charge is -2.02. The summed E-state index contributed by atoms with van der Waals surface area (Å²) < 4.78 is 24.1. The normalized spacial score (nSPS) is 10.6. The van der Waals surface area contributed by atoms with Gasteiger partial charge in [-0.15, -0.1) is 11.6 Å². The Morgan fingerprint density at radius 2 is 2.29 bits per heavy atom. The molecule has 0 aliphatic heterocycles. The van der Waals surface area contributed by atoms with Crippen molar-refractivity contribution in [1.29, 1.82) is 5.26 Å². The molecular weight excluding hydrogens is 226 g/mol. The summed E-state index contributed by atoms with van der Waals surface area (Å²) in [7, 11) is -3.52. The number of nitrogens with zero attached hydrogens (tertiary/aromatic N) is 2. The molecule has 0 aliphatic rings. The molecule has 1 rings (SSSR count). The highest BCUT2D eigenvalue weighted by Crippen LogP contribution is 2.06. The Bertz CT molecular complexity index is 449. The number of pyridine rings is 1. The molecular formula is C7H6ClN3O2S. The molecule has 7 heteroatoms. The average molecular weight is 232 g/mol. The molecule has 1 aromatic rings. The van der Waals surface area contributed by atoms with E-state index < -0.39 is 15.2 Å². The van der Waals surface area contributed by atoms with Gasteiger partial charge in [0.2, 0.25) is 10.0 Å². The van der Waals surface area contributed by atoms with Gasteiger partial charge in [-0.25, -0.2) is 13.4 Å². The minimum absolute atomic E-state index is 0.143. The van der Waals surface area contributed by atoms with Crippen molar-refractivity contribution in [3.8, 4) is 6.07 Å². The van der Waals surface area contributed by atoms with Crippen LogP contribution in [0.3, 0.4) is 0 Å². The van der Waals surface area contributed by atoms with Crippen molar-refractivity contribution < 1.29 is 8.42 Å². The molecule has 0 bridgehead atoms. The van der Waals surface area contributed by atoms with Gasteiger partial charge < -0.3 is 0 Å². The molecule has 1 aromatic heterocycles. The van der Waals surface area contributed by atoms with Gasteiger partial charge in [-0.2, -0.15) is 5.26 Å². The predicted molar refractivity (Wildman–Crippen MR) is 52.2 cm³/mol. The van der Waals surface area contributed by atoms with Crippen LogP contribution < -0.4 is 4.72 Å². The van der Waals surface area contributed by atoms with E-state index in [1.807, 2.05) is 6.07 Å². The third-order valence-electron chi connectivity index (χ3n) is 1.30. The van der Waals surface area contributed by atoms with Gasteiger partial charge in [0.15, 0.2) is 0 Å². The molecule has 0 unspecified atom stereocenters. The zero-order valence-electron chi connectivity index (χ0n) is 6.94. The van der Waals surface area contributed by atoms with Crippen LogP contribution in [-0.2, 0) is 10.0 Å². The van der Waals surface area contributed by atoms with Gasteiger partial charge in [0, 0.05) is 6.20 Å². The standard InChI is InChI=1S/C7H6ClN3O2S/c8-5-14(12,13)11-7-2-1-6(3-9)4-10-7/h1-2,4H,5H2,(H,10,11). The Labute approximate surface area is 86.4 Å². The lowest BCUT2D eigenvalue weighted by Crippen LogP contribution is -2.14. The van der Waals surface area contributed by atoms with Crippen molar-refractivity contribution in [2.75, 3.05) is 9.93 Å². The number of hydrogen-bond acceptors (Lipinski definition) is 4. The summed E-state index contributed by atoms with van der Waals surface area (Å²) in [5, 5.41) is 7.92. The quantitative estimate of drug-likeness (QED) is 0.784. The fourth-order valence-corrected chi connectivity index (χ4v) is 1.36. The van der Waals surface area contributed by atoms with Crippen LogP contribution in [0.1, 0.15) is 5.56 Å². The van der Waals surface area contributed by atoms with Crippen molar-refractivity contribution in [3.05, 3.63) is 23.9 Å². The molecule has 14 heavy (non-hydrogen) atoms. The first kappa shape index (κ1) is 10.8. The van der Waals surface area contributed by atoms with E-state index in [-0.39, 0.29) is 5.82 Å². The van der Waals surface area contributed by atoms with Gasteiger partial charge in [-0.3, -0.25) is 4.72 Å². The maximum atomic E-state index is 11.0. The van der Waals surface area contributed by atoms with Gasteiger partial charge in [0.05, 0.1) is 5.56 Å². The van der Waals surface area contributed by atoms with E-state index in [4.69, 9.17) is 16.9 Å². The monoisotopic (exact) mass is 231 g/mol. The van der Waals surface area contributed by atoms with Gasteiger partial charge in [0.25, 0.3) is 0 Å². The second-order valence-electron chi connectivity index (χ2n) is 2.37. The molecule has 0 saturated heterocycles. The van der Waals surface area contributed by atoms with E-state index >= 15 is 0 Å². The summed E-state index contributed by atoms with van der Waals surface area (Å²) in [6.07, 6.45) is 1.27. The van der Waals surface area contributed by atoms with Crippen LogP contribution in [0.2, 0.25) is 0 Å². The maximum absolute atomic E-state index is 11.0. The van der Waals surface area contributed by atoms with Gasteiger partial charge in [0.1, 0.15) is 17.1 Å². The molecule has 0 saturated carbocycles. The zero-order valence-corrected chi connectivity index (χ0v) is 8.51. The lowest BCUT2D eigenvalue weighted by molar-refractivity contribution is 0.605. The minimum atomic E-state index is -3.52. The third kappa shape index (κ3) is 2.87. The fourth-order valence-electron chi connectivity index (χ4n) is 0.707. The Balaban J connectivity index is 2.86. The Hall–Kier alpha value is -1.32. The molecule has 0 radical (unpaired) electrons. The van der Waals surface area contributed by atoms with E-state index in [1.54, 1.807) is 0 Å². The van der Waals surface area contributed by atoms with E-state index in [0.29, 0.717) is 5.56 Å². The predicted octanol–water partition coefficient (Wildman–Crippen LogP) is 0.891. The molecule has 0 spiro atoms. The highest BCUT2D eigenvalue weighted by molar-refractivity contribution is 7.93. The number of alkyl halides is 1. The number of halogens is 1. The van der Waals surface area contributed by atoms with Crippen LogP contribution in [0.5, 0.6) is 0 Å². The summed E-state index contributed by atoms with van der Waals surface area (Å²) in [5.41, 5.74) is 0.360. The lowest BCUT2D eigenvalue weighted by atomic mass is 10.3. The Morgan fingerprint density at radius 3 is 2.71 bits per heavy atom. The molecule has 0 amide bonds. The van der Waals surface area contributed by atoms with Crippen LogP contribution in [0.25, 0.3) is 0 Å². The molecule has 1 heterocycles. The van der Waals surface area contributed by atoms with Crippen molar-refractivity contribution >= 4 is 27.4 Å². The largest absolute Gasteiger partial charge is 0.266 e. The van der Waals surface area contributed by atoms with Crippen LogP contribution in [-0.4, -0.2) is 18.6 Å². The van der Waals surface area contributed by atoms with Crippen LogP contribution >= 0.6 is 11.6 Å². The van der Waals surface area contributed by atoms with E-state index in [2.05, 4.69) is 9.71 Å². The number of sulfonamides is 1. The molecule has 74 valence electrons. The van der Waals surface area contributed by atoms with Crippen LogP contribution in [0.4, 0.5) is 5.82 Å². The molecule has 0 aliphatic carbocycles. The number of aromatic nitrogens is 1. The molecule has 5 nitrogen and oxygen atoms in total. The SMILES string of the molecule is N#Cc1ccc(NS(=O)(=O)CCl)nc1. The topological polar surface area (TPSA) is 82.9 Å². The summed E-state index contributed by atoms with van der Waals surface area (Å²) in [5.74, 6) is 0.143. The van der Waals surface area contributed by atoms with Gasteiger partial charge in [-0.1, -0.05) is 0 Å². The zero-order chi connectivity index (χ0) is 10.6. The summed E-state index contributed by atoms with van der Waals surface area (Å²) >= 11 is 5.17. The first-order valence-electron chi connectivity index (χ1n) is 3.50. The maximum Gasteiger partial charge on any atom is 0.247 e. The van der Waals surface area contributed by atoms with Crippen molar-refractivity contribution in [2.45, 2.75) is 0 Å². The van der Waals surface area contributed by atoms with Crippen molar-refractivity contribution in [1.82, 2.24) is 4.98 Å². The first-order valence-corrected chi connectivity index (χ1v) is 5.68. The highest BCUT2D eigenvalue weighted by Gasteiger charge is 2.08. The Kier molecular flexibility index (Phi) is 3.28. The summed E-state index contributed by atoms with van der Waals surface area (Å²) in [6.45, 7) is 0. The van der Waals surface area contributed by atoms with Crippen molar-refractivity contribution in [2.24, 2.45) is 0 Å². The third-order valence-corrected chi connectivity index (χ3v) is 2.97. The second-order valence-corrected chi connectivity index (χ2v) is 4.68. The molecule has 0 atom stereocenters. The summed E-state index contributed by atoms with van der Waals surface area (Å²) in [6, 6.07) is 4.71. The van der Waals surface area contributed by atoms with Gasteiger partial charge in [-0.05, 0) is 12.1 Å². The minimum Gasteiger partial charge on any atom is -0.266 e. The Morgan fingerprint density at radius 1 is 1.57 bits per heavy atom. The van der Waals surface area contributed by atoms with Crippen molar-refractivity contribution in [3.63, 3.8) is 0 Å². The number of nitrogens with one attached hydrogen (secondary N) is 1. The van der Waals surface area contributed by atoms with Gasteiger partial charge >= 0.3 is 0 Å². The van der Waals surface area contributed by atoms with E-state index in [9.17, 15) is 8.42 Å². The van der Waals surface area contributed by atoms with Crippen LogP contribution in [0.15, 0.2) is 18.3 Å². The molecule has 0 aromatic carbocycles. The van der Waals surface area contributed by atoms with E-state index in [0.717, 1.165) is 0 Å². The fraction of sp³-hybridized carbons (Fsp3) is 0.143. The highest BCUT2D eigenvalue weighted by atomic mass is 35.5. The number of anilines is 1. The molecule has 0 fully saturated rings. The molecule has 1 N–H and O–H groups in total. The summed E-state index contributed by atoms with van der Waals surface area (Å²) in [4.78, 5) is 3.71.